The van der Waals surface area contributed by atoms with E-state index in [1.54, 1.807) is 22.6 Å². The van der Waals surface area contributed by atoms with Gasteiger partial charge in [0.25, 0.3) is 11.6 Å². The maximum Gasteiger partial charge on any atom is 0.293 e. The van der Waals surface area contributed by atoms with Crippen LogP contribution in [0.25, 0.3) is 0 Å². The molecule has 1 aromatic carbocycles. The number of halogens is 1. The molecule has 23 heavy (non-hydrogen) atoms. The van der Waals surface area contributed by atoms with Gasteiger partial charge >= 0.3 is 0 Å². The highest BCUT2D eigenvalue weighted by atomic mass is 35.5. The van der Waals surface area contributed by atoms with Crippen molar-refractivity contribution in [1.82, 2.24) is 19.7 Å². The molecule has 120 valence electrons. The number of likely N-dealkylation sites (N-methyl/N-ethyl adjacent to an activating group) is 1. The maximum atomic E-state index is 12.0. The molecule has 9 nitrogen and oxygen atoms in total. The predicted octanol–water partition coefficient (Wildman–Crippen LogP) is 1.54. The fraction of sp³-hybridized carbons (Fsp3) is 0.308. The molecule has 3 rings (SSSR count). The number of nitrogens with one attached hydrogen (secondary N) is 1. The van der Waals surface area contributed by atoms with Crippen molar-refractivity contribution in [2.24, 2.45) is 0 Å². The molecule has 2 aromatic rings. The van der Waals surface area contributed by atoms with Crippen LogP contribution in [0.2, 0.25) is 5.02 Å². The van der Waals surface area contributed by atoms with Crippen molar-refractivity contribution in [3.8, 4) is 0 Å². The van der Waals surface area contributed by atoms with Crippen molar-refractivity contribution in [2.75, 3.05) is 18.9 Å². The SMILES string of the molecule is CN1CCn2c(CNc3ccc(Cl)cc3[N+](=O)[O-])nnc2C1=O. The smallest absolute Gasteiger partial charge is 0.293 e. The van der Waals surface area contributed by atoms with Crippen LogP contribution in [0.5, 0.6) is 0 Å². The first-order valence-corrected chi connectivity index (χ1v) is 7.20. The zero-order chi connectivity index (χ0) is 16.6. The first-order chi connectivity index (χ1) is 11.0. The molecule has 1 aliphatic rings. The first kappa shape index (κ1) is 15.2. The van der Waals surface area contributed by atoms with Crippen molar-refractivity contribution in [3.05, 3.63) is 45.0 Å². The predicted molar refractivity (Wildman–Crippen MR) is 82.4 cm³/mol. The second-order valence-electron chi connectivity index (χ2n) is 5.09. The number of hydrogen-bond acceptors (Lipinski definition) is 6. The highest BCUT2D eigenvalue weighted by molar-refractivity contribution is 6.30. The summed E-state index contributed by atoms with van der Waals surface area (Å²) < 4.78 is 1.72. The third-order valence-electron chi connectivity index (χ3n) is 3.62. The average Bonchev–Trinajstić information content (AvgIpc) is 2.93. The number of carbonyl (C=O) groups excluding carboxylic acids is 1. The van der Waals surface area contributed by atoms with Crippen LogP contribution >= 0.6 is 11.6 Å². The zero-order valence-corrected chi connectivity index (χ0v) is 12.9. The third-order valence-corrected chi connectivity index (χ3v) is 3.85. The molecule has 2 heterocycles. The Hall–Kier alpha value is -2.68. The Kier molecular flexibility index (Phi) is 3.87. The van der Waals surface area contributed by atoms with Crippen molar-refractivity contribution in [2.45, 2.75) is 13.1 Å². The summed E-state index contributed by atoms with van der Waals surface area (Å²) >= 11 is 5.78. The molecule has 1 aromatic heterocycles. The van der Waals surface area contributed by atoms with Crippen LogP contribution in [0.1, 0.15) is 16.4 Å². The number of hydrogen-bond donors (Lipinski definition) is 1. The van der Waals surface area contributed by atoms with Gasteiger partial charge in [-0.15, -0.1) is 10.2 Å². The van der Waals surface area contributed by atoms with Gasteiger partial charge in [0.05, 0.1) is 11.5 Å². The average molecular weight is 337 g/mol. The zero-order valence-electron chi connectivity index (χ0n) is 12.2. The fourth-order valence-electron chi connectivity index (χ4n) is 2.36. The normalized spacial score (nSPS) is 13.8. The maximum absolute atomic E-state index is 12.0. The molecule has 0 spiro atoms. The van der Waals surface area contributed by atoms with Gasteiger partial charge in [-0.1, -0.05) is 11.6 Å². The van der Waals surface area contributed by atoms with Crippen LogP contribution < -0.4 is 5.32 Å². The van der Waals surface area contributed by atoms with Crippen LogP contribution in [0.4, 0.5) is 11.4 Å². The molecular formula is C13H13ClN6O3. The van der Waals surface area contributed by atoms with Crippen molar-refractivity contribution < 1.29 is 9.72 Å². The van der Waals surface area contributed by atoms with Gasteiger partial charge in [0.2, 0.25) is 5.82 Å². The minimum atomic E-state index is -0.508. The quantitative estimate of drug-likeness (QED) is 0.670. The van der Waals surface area contributed by atoms with Crippen molar-refractivity contribution in [3.63, 3.8) is 0 Å². The van der Waals surface area contributed by atoms with Gasteiger partial charge in [0, 0.05) is 31.2 Å². The number of fused-ring (bicyclic) bond motifs is 1. The summed E-state index contributed by atoms with van der Waals surface area (Å²) in [6.45, 7) is 1.37. The lowest BCUT2D eigenvalue weighted by Crippen LogP contribution is -2.38. The van der Waals surface area contributed by atoms with E-state index < -0.39 is 4.92 Å². The van der Waals surface area contributed by atoms with E-state index >= 15 is 0 Å². The molecular weight excluding hydrogens is 324 g/mol. The number of nitro groups is 1. The number of carbonyl (C=O) groups is 1. The molecule has 0 bridgehead atoms. The molecule has 0 aliphatic carbocycles. The van der Waals surface area contributed by atoms with E-state index in [1.807, 2.05) is 0 Å². The van der Waals surface area contributed by atoms with E-state index in [4.69, 9.17) is 11.6 Å². The third kappa shape index (κ3) is 2.82. The summed E-state index contributed by atoms with van der Waals surface area (Å²) in [4.78, 5) is 24.1. The van der Waals surface area contributed by atoms with E-state index in [1.165, 1.54) is 12.1 Å². The summed E-state index contributed by atoms with van der Waals surface area (Å²) in [5, 5.41) is 22.2. The Balaban J connectivity index is 1.82. The molecule has 0 unspecified atom stereocenters. The largest absolute Gasteiger partial charge is 0.372 e. The number of nitrogens with zero attached hydrogens (tertiary/aromatic N) is 5. The minimum Gasteiger partial charge on any atom is -0.372 e. The number of benzene rings is 1. The Morgan fingerprint density at radius 3 is 2.91 bits per heavy atom. The van der Waals surface area contributed by atoms with E-state index in [0.717, 1.165) is 0 Å². The topological polar surface area (TPSA) is 106 Å². The lowest BCUT2D eigenvalue weighted by molar-refractivity contribution is -0.383. The van der Waals surface area contributed by atoms with E-state index in [0.29, 0.717) is 24.6 Å². The van der Waals surface area contributed by atoms with Crippen LogP contribution in [0, 0.1) is 10.1 Å². The van der Waals surface area contributed by atoms with Gasteiger partial charge in [-0.2, -0.15) is 0 Å². The summed E-state index contributed by atoms with van der Waals surface area (Å²) in [7, 11) is 1.70. The molecule has 10 heteroatoms. The first-order valence-electron chi connectivity index (χ1n) is 6.82. The summed E-state index contributed by atoms with van der Waals surface area (Å²) in [6.07, 6.45) is 0. The van der Waals surface area contributed by atoms with Gasteiger partial charge in [-0.3, -0.25) is 14.9 Å². The molecule has 0 fully saturated rings. The van der Waals surface area contributed by atoms with Crippen LogP contribution in [0.3, 0.4) is 0 Å². The second kappa shape index (κ2) is 5.84. The molecule has 0 saturated carbocycles. The van der Waals surface area contributed by atoms with E-state index in [9.17, 15) is 14.9 Å². The highest BCUT2D eigenvalue weighted by Crippen LogP contribution is 2.28. The molecule has 1 N–H and O–H groups in total. The lowest BCUT2D eigenvalue weighted by Gasteiger charge is -2.23. The van der Waals surface area contributed by atoms with Crippen molar-refractivity contribution >= 4 is 28.9 Å². The summed E-state index contributed by atoms with van der Waals surface area (Å²) in [5.41, 5.74) is 0.211. The van der Waals surface area contributed by atoms with Gasteiger partial charge in [-0.25, -0.2) is 0 Å². The standard InChI is InChI=1S/C13H13ClN6O3/c1-18-4-5-19-11(16-17-12(19)13(18)21)7-15-9-3-2-8(14)6-10(9)20(22)23/h2-3,6,15H,4-5,7H2,1H3. The molecule has 0 atom stereocenters. The van der Waals surface area contributed by atoms with Gasteiger partial charge < -0.3 is 14.8 Å². The number of rotatable bonds is 4. The highest BCUT2D eigenvalue weighted by Gasteiger charge is 2.26. The molecule has 1 aliphatic heterocycles. The van der Waals surface area contributed by atoms with E-state index in [-0.39, 0.29) is 29.0 Å². The Labute approximate surface area is 136 Å². The van der Waals surface area contributed by atoms with Gasteiger partial charge in [0.1, 0.15) is 5.69 Å². The summed E-state index contributed by atoms with van der Waals surface area (Å²) in [5.74, 6) is 0.638. The molecule has 0 radical (unpaired) electrons. The van der Waals surface area contributed by atoms with Crippen LogP contribution in [0.15, 0.2) is 18.2 Å². The molecule has 0 saturated heterocycles. The number of amides is 1. The number of nitro benzene ring substituents is 1. The second-order valence-corrected chi connectivity index (χ2v) is 5.53. The fourth-order valence-corrected chi connectivity index (χ4v) is 2.53. The van der Waals surface area contributed by atoms with E-state index in [2.05, 4.69) is 15.5 Å². The monoisotopic (exact) mass is 336 g/mol. The summed E-state index contributed by atoms with van der Waals surface area (Å²) in [6, 6.07) is 4.38. The van der Waals surface area contributed by atoms with Gasteiger partial charge in [0.15, 0.2) is 5.82 Å². The van der Waals surface area contributed by atoms with Gasteiger partial charge in [-0.05, 0) is 12.1 Å². The Bertz CT molecular complexity index is 790. The minimum absolute atomic E-state index is 0.119. The number of aromatic nitrogens is 3. The van der Waals surface area contributed by atoms with Crippen molar-refractivity contribution in [1.29, 1.82) is 0 Å². The number of anilines is 1. The Morgan fingerprint density at radius 1 is 1.39 bits per heavy atom. The van der Waals surface area contributed by atoms with Crippen LogP contribution in [-0.2, 0) is 13.1 Å². The molecule has 1 amide bonds. The van der Waals surface area contributed by atoms with Crippen LogP contribution in [-0.4, -0.2) is 44.1 Å². The lowest BCUT2D eigenvalue weighted by atomic mass is 10.2. The Morgan fingerprint density at radius 2 is 2.17 bits per heavy atom.